The second-order valence-corrected chi connectivity index (χ2v) is 7.42. The number of hydrogen-bond donors (Lipinski definition) is 0. The summed E-state index contributed by atoms with van der Waals surface area (Å²) in [5.41, 5.74) is 3.03. The minimum Gasteiger partial charge on any atom is -0.0839 e. The summed E-state index contributed by atoms with van der Waals surface area (Å²) < 4.78 is 0. The second-order valence-electron chi connectivity index (χ2n) is 6.32. The van der Waals surface area contributed by atoms with Crippen LogP contribution in [0.3, 0.4) is 0 Å². The van der Waals surface area contributed by atoms with Gasteiger partial charge in [-0.1, -0.05) is 92.1 Å². The van der Waals surface area contributed by atoms with E-state index < -0.39 is 0 Å². The van der Waals surface area contributed by atoms with E-state index in [1.807, 2.05) is 0 Å². The molecule has 1 saturated carbocycles. The Morgan fingerprint density at radius 3 is 2.35 bits per heavy atom. The van der Waals surface area contributed by atoms with Crippen molar-refractivity contribution in [3.05, 3.63) is 35.4 Å². The maximum absolute atomic E-state index is 3.86. The summed E-state index contributed by atoms with van der Waals surface area (Å²) in [6, 6.07) is 9.46. The molecule has 1 aliphatic rings. The lowest BCUT2D eigenvalue weighted by Gasteiger charge is -2.22. The van der Waals surface area contributed by atoms with E-state index in [0.717, 1.165) is 5.92 Å². The molecule has 0 radical (unpaired) electrons. The zero-order valence-electron chi connectivity index (χ0n) is 12.9. The Kier molecular flexibility index (Phi) is 7.13. The average molecular weight is 337 g/mol. The minimum absolute atomic E-state index is 0.541. The SMILES string of the molecule is CCCCCCC(Br)c1ccc(C2CCCCC2)cc1. The molecule has 1 fully saturated rings. The van der Waals surface area contributed by atoms with E-state index in [0.29, 0.717) is 4.83 Å². The highest BCUT2D eigenvalue weighted by atomic mass is 79.9. The molecule has 0 heterocycles. The molecule has 1 heteroatoms. The Hall–Kier alpha value is -0.300. The summed E-state index contributed by atoms with van der Waals surface area (Å²) in [6.45, 7) is 2.27. The molecule has 0 aliphatic heterocycles. The molecular weight excluding hydrogens is 308 g/mol. The first kappa shape index (κ1) is 16.1. The quantitative estimate of drug-likeness (QED) is 0.366. The number of halogens is 1. The molecule has 0 N–H and O–H groups in total. The number of unbranched alkanes of at least 4 members (excludes halogenated alkanes) is 3. The van der Waals surface area contributed by atoms with Crippen molar-refractivity contribution in [2.75, 3.05) is 0 Å². The lowest BCUT2D eigenvalue weighted by molar-refractivity contribution is 0.443. The topological polar surface area (TPSA) is 0 Å². The van der Waals surface area contributed by atoms with Crippen molar-refractivity contribution in [2.45, 2.75) is 81.9 Å². The van der Waals surface area contributed by atoms with Crippen LogP contribution in [-0.2, 0) is 0 Å². The first-order valence-electron chi connectivity index (χ1n) is 8.55. The number of rotatable bonds is 7. The van der Waals surface area contributed by atoms with E-state index in [4.69, 9.17) is 0 Å². The highest BCUT2D eigenvalue weighted by molar-refractivity contribution is 9.09. The van der Waals surface area contributed by atoms with Crippen LogP contribution in [0.15, 0.2) is 24.3 Å². The smallest absolute Gasteiger partial charge is 0.0395 e. The molecule has 1 aromatic rings. The van der Waals surface area contributed by atoms with Gasteiger partial charge in [-0.15, -0.1) is 0 Å². The van der Waals surface area contributed by atoms with Crippen LogP contribution in [0.2, 0.25) is 0 Å². The molecule has 1 aliphatic carbocycles. The highest BCUT2D eigenvalue weighted by Gasteiger charge is 2.15. The van der Waals surface area contributed by atoms with Gasteiger partial charge in [0, 0.05) is 4.83 Å². The molecule has 0 nitrogen and oxygen atoms in total. The average Bonchev–Trinajstić information content (AvgIpc) is 2.52. The van der Waals surface area contributed by atoms with Crippen molar-refractivity contribution < 1.29 is 0 Å². The van der Waals surface area contributed by atoms with Crippen molar-refractivity contribution in [3.63, 3.8) is 0 Å². The van der Waals surface area contributed by atoms with Gasteiger partial charge in [-0.05, 0) is 36.3 Å². The van der Waals surface area contributed by atoms with Gasteiger partial charge in [0.2, 0.25) is 0 Å². The van der Waals surface area contributed by atoms with Gasteiger partial charge in [-0.2, -0.15) is 0 Å². The summed E-state index contributed by atoms with van der Waals surface area (Å²) >= 11 is 3.86. The molecule has 112 valence electrons. The zero-order chi connectivity index (χ0) is 14.2. The fraction of sp³-hybridized carbons (Fsp3) is 0.684. The third-order valence-corrected chi connectivity index (χ3v) is 5.67. The predicted octanol–water partition coefficient (Wildman–Crippen LogP) is 7.14. The van der Waals surface area contributed by atoms with Crippen LogP contribution in [-0.4, -0.2) is 0 Å². The lowest BCUT2D eigenvalue weighted by atomic mass is 9.84. The van der Waals surface area contributed by atoms with E-state index in [9.17, 15) is 0 Å². The van der Waals surface area contributed by atoms with Gasteiger partial charge in [-0.3, -0.25) is 0 Å². The monoisotopic (exact) mass is 336 g/mol. The molecule has 0 bridgehead atoms. The molecule has 1 aromatic carbocycles. The summed E-state index contributed by atoms with van der Waals surface area (Å²) in [4.78, 5) is 0.541. The molecule has 20 heavy (non-hydrogen) atoms. The zero-order valence-corrected chi connectivity index (χ0v) is 14.5. The first-order valence-corrected chi connectivity index (χ1v) is 9.46. The normalized spacial score (nSPS) is 18.1. The van der Waals surface area contributed by atoms with E-state index in [1.165, 1.54) is 69.8 Å². The molecule has 1 unspecified atom stereocenters. The largest absolute Gasteiger partial charge is 0.0839 e. The van der Waals surface area contributed by atoms with Gasteiger partial charge < -0.3 is 0 Å². The summed E-state index contributed by atoms with van der Waals surface area (Å²) in [6.07, 6.45) is 13.8. The van der Waals surface area contributed by atoms with Crippen LogP contribution in [0.1, 0.15) is 93.0 Å². The Morgan fingerprint density at radius 1 is 1.00 bits per heavy atom. The standard InChI is InChI=1S/C19H29Br/c1-2-3-4-8-11-19(20)18-14-12-17(13-15-18)16-9-6-5-7-10-16/h12-16,19H,2-11H2,1H3. The molecule has 0 amide bonds. The second kappa shape index (κ2) is 8.87. The molecule has 0 spiro atoms. The maximum atomic E-state index is 3.86. The molecule has 0 aromatic heterocycles. The first-order chi connectivity index (χ1) is 9.81. The lowest BCUT2D eigenvalue weighted by Crippen LogP contribution is -2.04. The van der Waals surface area contributed by atoms with E-state index in [2.05, 4.69) is 47.1 Å². The Morgan fingerprint density at radius 2 is 1.70 bits per heavy atom. The van der Waals surface area contributed by atoms with Crippen molar-refractivity contribution in [1.29, 1.82) is 0 Å². The van der Waals surface area contributed by atoms with Gasteiger partial charge in [-0.25, -0.2) is 0 Å². The molecule has 0 saturated heterocycles. The van der Waals surface area contributed by atoms with Crippen LogP contribution in [0.5, 0.6) is 0 Å². The van der Waals surface area contributed by atoms with Crippen LogP contribution < -0.4 is 0 Å². The van der Waals surface area contributed by atoms with Gasteiger partial charge in [0.25, 0.3) is 0 Å². The fourth-order valence-corrected chi connectivity index (χ4v) is 3.96. The maximum Gasteiger partial charge on any atom is 0.0395 e. The van der Waals surface area contributed by atoms with Gasteiger partial charge in [0.05, 0.1) is 0 Å². The van der Waals surface area contributed by atoms with Crippen molar-refractivity contribution in [2.24, 2.45) is 0 Å². The number of benzene rings is 1. The Labute approximate surface area is 133 Å². The van der Waals surface area contributed by atoms with Gasteiger partial charge >= 0.3 is 0 Å². The third kappa shape index (κ3) is 4.91. The van der Waals surface area contributed by atoms with Crippen LogP contribution >= 0.6 is 15.9 Å². The minimum atomic E-state index is 0.541. The van der Waals surface area contributed by atoms with Crippen molar-refractivity contribution >= 4 is 15.9 Å². The number of alkyl halides is 1. The van der Waals surface area contributed by atoms with Crippen LogP contribution in [0, 0.1) is 0 Å². The van der Waals surface area contributed by atoms with Gasteiger partial charge in [0.15, 0.2) is 0 Å². The highest BCUT2D eigenvalue weighted by Crippen LogP contribution is 2.34. The predicted molar refractivity (Wildman–Crippen MR) is 92.7 cm³/mol. The van der Waals surface area contributed by atoms with Gasteiger partial charge in [0.1, 0.15) is 0 Å². The van der Waals surface area contributed by atoms with E-state index in [1.54, 1.807) is 5.56 Å². The van der Waals surface area contributed by atoms with Crippen LogP contribution in [0.25, 0.3) is 0 Å². The Bertz CT molecular complexity index is 362. The summed E-state index contributed by atoms with van der Waals surface area (Å²) in [7, 11) is 0. The molecule has 1 atom stereocenters. The van der Waals surface area contributed by atoms with Crippen molar-refractivity contribution in [3.8, 4) is 0 Å². The third-order valence-electron chi connectivity index (χ3n) is 4.69. The molecule has 2 rings (SSSR count). The fourth-order valence-electron chi connectivity index (χ4n) is 3.33. The Balaban J connectivity index is 1.83. The summed E-state index contributed by atoms with van der Waals surface area (Å²) in [5.74, 6) is 0.830. The summed E-state index contributed by atoms with van der Waals surface area (Å²) in [5, 5.41) is 0. The van der Waals surface area contributed by atoms with E-state index >= 15 is 0 Å². The van der Waals surface area contributed by atoms with Crippen LogP contribution in [0.4, 0.5) is 0 Å². The van der Waals surface area contributed by atoms with E-state index in [-0.39, 0.29) is 0 Å². The number of hydrogen-bond acceptors (Lipinski definition) is 0. The molecular formula is C19H29Br. The van der Waals surface area contributed by atoms with Crippen molar-refractivity contribution in [1.82, 2.24) is 0 Å².